The second-order valence-corrected chi connectivity index (χ2v) is 5.46. The van der Waals surface area contributed by atoms with Crippen molar-refractivity contribution in [2.75, 3.05) is 6.61 Å². The number of aryl methyl sites for hydroxylation is 1. The Morgan fingerprint density at radius 3 is 3.05 bits per heavy atom. The summed E-state index contributed by atoms with van der Waals surface area (Å²) in [5, 5.41) is 0. The van der Waals surface area contributed by atoms with Gasteiger partial charge >= 0.3 is 0 Å². The monoisotopic (exact) mass is 320 g/mol. The largest absolute Gasteiger partial charge is 0.376 e. The van der Waals surface area contributed by atoms with Gasteiger partial charge in [0, 0.05) is 16.5 Å². The number of ether oxygens (including phenoxy) is 1. The molecule has 0 radical (unpaired) electrons. The molecule has 0 atom stereocenters. The molecule has 0 spiro atoms. The maximum atomic E-state index is 12.0. The van der Waals surface area contributed by atoms with Crippen LogP contribution in [0.5, 0.6) is 0 Å². The van der Waals surface area contributed by atoms with E-state index in [1.807, 2.05) is 25.1 Å². The fraction of sp³-hybridized carbons (Fsp3) is 0.286. The van der Waals surface area contributed by atoms with Crippen LogP contribution in [0, 0.1) is 6.92 Å². The van der Waals surface area contributed by atoms with Crippen LogP contribution < -0.4 is 5.56 Å². The lowest BCUT2D eigenvalue weighted by atomic mass is 10.1. The van der Waals surface area contributed by atoms with E-state index in [1.54, 1.807) is 0 Å². The Hall–Kier alpha value is -1.46. The van der Waals surface area contributed by atoms with E-state index in [-0.39, 0.29) is 5.56 Å². The number of halogens is 1. The van der Waals surface area contributed by atoms with E-state index in [0.717, 1.165) is 21.3 Å². The molecular weight excluding hydrogens is 308 g/mol. The highest BCUT2D eigenvalue weighted by atomic mass is 79.9. The molecule has 1 aromatic carbocycles. The average molecular weight is 321 g/mol. The summed E-state index contributed by atoms with van der Waals surface area (Å²) < 4.78 is 6.34. The summed E-state index contributed by atoms with van der Waals surface area (Å²) in [4.78, 5) is 19.4. The summed E-state index contributed by atoms with van der Waals surface area (Å²) in [6, 6.07) is 5.92. The van der Waals surface area contributed by atoms with Gasteiger partial charge in [-0.2, -0.15) is 0 Å². The lowest BCUT2D eigenvalue weighted by Gasteiger charge is -2.15. The van der Waals surface area contributed by atoms with E-state index in [0.29, 0.717) is 31.0 Å². The second-order valence-electron chi connectivity index (χ2n) is 4.61. The van der Waals surface area contributed by atoms with Crippen LogP contribution in [-0.4, -0.2) is 16.6 Å². The topological polar surface area (TPSA) is 55.0 Å². The van der Waals surface area contributed by atoms with Gasteiger partial charge < -0.3 is 9.72 Å². The Labute approximate surface area is 119 Å². The highest BCUT2D eigenvalue weighted by Gasteiger charge is 2.16. The van der Waals surface area contributed by atoms with Crippen molar-refractivity contribution in [3.63, 3.8) is 0 Å². The van der Waals surface area contributed by atoms with Crippen LogP contribution in [0.3, 0.4) is 0 Å². The van der Waals surface area contributed by atoms with E-state index >= 15 is 0 Å². The molecule has 1 N–H and O–H groups in total. The Bertz CT molecular complexity index is 694. The first kappa shape index (κ1) is 12.6. The fourth-order valence-electron chi connectivity index (χ4n) is 2.17. The number of aromatic amines is 1. The van der Waals surface area contributed by atoms with Crippen molar-refractivity contribution in [2.45, 2.75) is 20.0 Å². The zero-order valence-electron chi connectivity index (χ0n) is 10.5. The number of hydrogen-bond donors (Lipinski definition) is 1. The fourth-order valence-corrected chi connectivity index (χ4v) is 2.42. The molecule has 0 saturated carbocycles. The summed E-state index contributed by atoms with van der Waals surface area (Å²) in [5.41, 5.74) is 3.45. The van der Waals surface area contributed by atoms with Gasteiger partial charge in [0.2, 0.25) is 0 Å². The first-order valence-electron chi connectivity index (χ1n) is 6.11. The quantitative estimate of drug-likeness (QED) is 0.878. The van der Waals surface area contributed by atoms with Gasteiger partial charge in [0.15, 0.2) is 0 Å². The molecule has 1 aromatic heterocycles. The molecule has 19 heavy (non-hydrogen) atoms. The van der Waals surface area contributed by atoms with Crippen LogP contribution in [0.4, 0.5) is 0 Å². The van der Waals surface area contributed by atoms with Gasteiger partial charge in [0.05, 0.1) is 24.5 Å². The minimum absolute atomic E-state index is 0.0970. The van der Waals surface area contributed by atoms with Gasteiger partial charge in [0.25, 0.3) is 5.56 Å². The van der Waals surface area contributed by atoms with E-state index in [2.05, 4.69) is 25.9 Å². The average Bonchev–Trinajstić information content (AvgIpc) is 2.42. The Kier molecular flexibility index (Phi) is 3.24. The Balaban J connectivity index is 2.12. The predicted molar refractivity (Wildman–Crippen MR) is 76.1 cm³/mol. The van der Waals surface area contributed by atoms with Gasteiger partial charge in [-0.1, -0.05) is 22.0 Å². The Morgan fingerprint density at radius 2 is 2.26 bits per heavy atom. The van der Waals surface area contributed by atoms with Crippen LogP contribution in [0.1, 0.15) is 16.8 Å². The lowest BCUT2D eigenvalue weighted by molar-refractivity contribution is 0.108. The highest BCUT2D eigenvalue weighted by Crippen LogP contribution is 2.23. The molecule has 0 saturated heterocycles. The molecule has 1 aliphatic heterocycles. The predicted octanol–water partition coefficient (Wildman–Crippen LogP) is 2.58. The summed E-state index contributed by atoms with van der Waals surface area (Å²) in [5.74, 6) is 0.626. The standard InChI is InChI=1S/C14H13BrN2O2/c1-8-6-9(2-3-11(8)15)13-16-12-4-5-19-7-10(12)14(18)17-13/h2-3,6H,4-5,7H2,1H3,(H,16,17,18). The number of nitrogens with zero attached hydrogens (tertiary/aromatic N) is 1. The van der Waals surface area contributed by atoms with Gasteiger partial charge in [-0.15, -0.1) is 0 Å². The SMILES string of the molecule is Cc1cc(-c2nc3c(c(=O)[nH]2)COCC3)ccc1Br. The smallest absolute Gasteiger partial charge is 0.256 e. The van der Waals surface area contributed by atoms with Crippen LogP contribution in [0.25, 0.3) is 11.4 Å². The van der Waals surface area contributed by atoms with Crippen molar-refractivity contribution in [3.05, 3.63) is 49.8 Å². The number of hydrogen-bond acceptors (Lipinski definition) is 3. The molecule has 98 valence electrons. The van der Waals surface area contributed by atoms with Gasteiger partial charge in [-0.25, -0.2) is 4.98 Å². The normalized spacial score (nSPS) is 14.2. The molecule has 0 bridgehead atoms. The second kappa shape index (κ2) is 4.90. The van der Waals surface area contributed by atoms with Crippen LogP contribution in [0.2, 0.25) is 0 Å². The molecule has 2 aromatic rings. The zero-order chi connectivity index (χ0) is 13.4. The number of fused-ring (bicyclic) bond motifs is 1. The van der Waals surface area contributed by atoms with E-state index in [4.69, 9.17) is 4.74 Å². The summed E-state index contributed by atoms with van der Waals surface area (Å²) >= 11 is 3.47. The first-order chi connectivity index (χ1) is 9.15. The zero-order valence-corrected chi connectivity index (χ0v) is 12.1. The number of aromatic nitrogens is 2. The third kappa shape index (κ3) is 2.35. The van der Waals surface area contributed by atoms with Crippen molar-refractivity contribution >= 4 is 15.9 Å². The van der Waals surface area contributed by atoms with Gasteiger partial charge in [-0.3, -0.25) is 4.79 Å². The van der Waals surface area contributed by atoms with Gasteiger partial charge in [0.1, 0.15) is 5.82 Å². The minimum atomic E-state index is -0.0970. The number of H-pyrrole nitrogens is 1. The molecule has 1 aliphatic rings. The van der Waals surface area contributed by atoms with E-state index in [1.165, 1.54) is 0 Å². The van der Waals surface area contributed by atoms with Gasteiger partial charge in [-0.05, 0) is 24.6 Å². The minimum Gasteiger partial charge on any atom is -0.376 e. The number of nitrogens with one attached hydrogen (secondary N) is 1. The molecule has 0 aliphatic carbocycles. The molecule has 4 nitrogen and oxygen atoms in total. The number of benzene rings is 1. The van der Waals surface area contributed by atoms with E-state index < -0.39 is 0 Å². The third-order valence-electron chi connectivity index (χ3n) is 3.26. The molecule has 0 amide bonds. The van der Waals surface area contributed by atoms with E-state index in [9.17, 15) is 4.79 Å². The molecule has 2 heterocycles. The Morgan fingerprint density at radius 1 is 1.42 bits per heavy atom. The van der Waals surface area contributed by atoms with Crippen molar-refractivity contribution < 1.29 is 4.74 Å². The van der Waals surface area contributed by atoms with Crippen LogP contribution in [0.15, 0.2) is 27.5 Å². The molecule has 3 rings (SSSR count). The molecule has 0 fully saturated rings. The molecule has 5 heteroatoms. The van der Waals surface area contributed by atoms with Crippen molar-refractivity contribution in [1.82, 2.24) is 9.97 Å². The molecule has 0 unspecified atom stereocenters. The van der Waals surface area contributed by atoms with Crippen molar-refractivity contribution in [3.8, 4) is 11.4 Å². The lowest BCUT2D eigenvalue weighted by Crippen LogP contribution is -2.24. The summed E-state index contributed by atoms with van der Waals surface area (Å²) in [7, 11) is 0. The summed E-state index contributed by atoms with van der Waals surface area (Å²) in [6.07, 6.45) is 0.696. The van der Waals surface area contributed by atoms with Crippen LogP contribution >= 0.6 is 15.9 Å². The maximum Gasteiger partial charge on any atom is 0.256 e. The van der Waals surface area contributed by atoms with Crippen molar-refractivity contribution in [1.29, 1.82) is 0 Å². The maximum absolute atomic E-state index is 12.0. The third-order valence-corrected chi connectivity index (χ3v) is 4.15. The number of rotatable bonds is 1. The summed E-state index contributed by atoms with van der Waals surface area (Å²) in [6.45, 7) is 3.00. The first-order valence-corrected chi connectivity index (χ1v) is 6.91. The molecular formula is C14H13BrN2O2. The van der Waals surface area contributed by atoms with Crippen LogP contribution in [-0.2, 0) is 17.8 Å². The van der Waals surface area contributed by atoms with Crippen molar-refractivity contribution in [2.24, 2.45) is 0 Å². The highest BCUT2D eigenvalue weighted by molar-refractivity contribution is 9.10.